The Kier molecular flexibility index (Phi) is 5.51. The molecule has 0 saturated carbocycles. The first-order valence-electron chi connectivity index (χ1n) is 8.70. The zero-order valence-electron chi connectivity index (χ0n) is 14.7. The van der Waals surface area contributed by atoms with Gasteiger partial charge < -0.3 is 15.5 Å². The predicted octanol–water partition coefficient (Wildman–Crippen LogP) is 2.51. The lowest BCUT2D eigenvalue weighted by molar-refractivity contribution is -0.136. The lowest BCUT2D eigenvalue weighted by Crippen LogP contribution is -2.36. The lowest BCUT2D eigenvalue weighted by atomic mass is 9.98. The standard InChI is InChI=1S/C20H22FN3O2/c1-24-11-3-4-15-12-14(7-8-18(15)24)9-10-22-19(25)20(26)23-17-6-2-5-16(21)13-17/h2,5-8,12-13H,3-4,9-11H2,1H3,(H,22,25)(H,23,26). The van der Waals surface area contributed by atoms with E-state index in [2.05, 4.69) is 40.8 Å². The SMILES string of the molecule is CN1CCCc2cc(CCNC(=O)C(=O)Nc3cccc(F)c3)ccc21. The number of carbonyl (C=O) groups is 2. The largest absolute Gasteiger partial charge is 0.374 e. The maximum atomic E-state index is 13.1. The number of anilines is 2. The third-order valence-corrected chi connectivity index (χ3v) is 4.48. The van der Waals surface area contributed by atoms with E-state index in [0.29, 0.717) is 13.0 Å². The van der Waals surface area contributed by atoms with Crippen molar-refractivity contribution in [2.75, 3.05) is 30.4 Å². The molecule has 0 spiro atoms. The van der Waals surface area contributed by atoms with Crippen LogP contribution in [0.1, 0.15) is 17.5 Å². The van der Waals surface area contributed by atoms with Crippen LogP contribution in [0.2, 0.25) is 0 Å². The number of hydrogen-bond acceptors (Lipinski definition) is 3. The van der Waals surface area contributed by atoms with Gasteiger partial charge in [-0.15, -0.1) is 0 Å². The molecular formula is C20H22FN3O2. The van der Waals surface area contributed by atoms with Gasteiger partial charge in [-0.3, -0.25) is 9.59 Å². The number of benzene rings is 2. The Labute approximate surface area is 152 Å². The zero-order valence-corrected chi connectivity index (χ0v) is 14.7. The Balaban J connectivity index is 1.50. The van der Waals surface area contributed by atoms with Crippen molar-refractivity contribution in [3.63, 3.8) is 0 Å². The minimum Gasteiger partial charge on any atom is -0.374 e. The van der Waals surface area contributed by atoms with Gasteiger partial charge in [-0.1, -0.05) is 18.2 Å². The van der Waals surface area contributed by atoms with Crippen molar-refractivity contribution in [1.29, 1.82) is 0 Å². The normalized spacial score (nSPS) is 13.1. The fourth-order valence-electron chi connectivity index (χ4n) is 3.15. The van der Waals surface area contributed by atoms with Crippen LogP contribution in [0.15, 0.2) is 42.5 Å². The van der Waals surface area contributed by atoms with E-state index in [9.17, 15) is 14.0 Å². The summed E-state index contributed by atoms with van der Waals surface area (Å²) in [6.07, 6.45) is 2.86. The molecule has 1 aliphatic rings. The highest BCUT2D eigenvalue weighted by atomic mass is 19.1. The summed E-state index contributed by atoms with van der Waals surface area (Å²) in [7, 11) is 2.09. The highest BCUT2D eigenvalue weighted by molar-refractivity contribution is 6.39. The van der Waals surface area contributed by atoms with Gasteiger partial charge in [0, 0.05) is 31.5 Å². The molecule has 0 radical (unpaired) electrons. The molecule has 136 valence electrons. The van der Waals surface area contributed by atoms with Crippen molar-refractivity contribution in [1.82, 2.24) is 5.32 Å². The molecule has 26 heavy (non-hydrogen) atoms. The van der Waals surface area contributed by atoms with E-state index in [1.807, 2.05) is 0 Å². The molecule has 6 heteroatoms. The Morgan fingerprint density at radius 2 is 2.00 bits per heavy atom. The van der Waals surface area contributed by atoms with Crippen LogP contribution in [0.25, 0.3) is 0 Å². The molecule has 2 amide bonds. The summed E-state index contributed by atoms with van der Waals surface area (Å²) in [6, 6.07) is 11.8. The molecule has 1 aliphatic heterocycles. The molecule has 0 fully saturated rings. The van der Waals surface area contributed by atoms with Gasteiger partial charge in [0.1, 0.15) is 5.82 Å². The van der Waals surface area contributed by atoms with Crippen molar-refractivity contribution >= 4 is 23.2 Å². The number of carbonyl (C=O) groups excluding carboxylic acids is 2. The highest BCUT2D eigenvalue weighted by Crippen LogP contribution is 2.26. The Morgan fingerprint density at radius 1 is 1.15 bits per heavy atom. The molecule has 2 aromatic rings. The van der Waals surface area contributed by atoms with E-state index in [1.165, 1.54) is 29.4 Å². The number of amides is 2. The topological polar surface area (TPSA) is 61.4 Å². The number of nitrogens with one attached hydrogen (secondary N) is 2. The first kappa shape index (κ1) is 17.9. The summed E-state index contributed by atoms with van der Waals surface area (Å²) < 4.78 is 13.1. The third kappa shape index (κ3) is 4.39. The van der Waals surface area contributed by atoms with Crippen molar-refractivity contribution in [3.05, 3.63) is 59.4 Å². The molecule has 2 aromatic carbocycles. The quantitative estimate of drug-likeness (QED) is 0.829. The van der Waals surface area contributed by atoms with Crippen LogP contribution < -0.4 is 15.5 Å². The second-order valence-electron chi connectivity index (χ2n) is 6.46. The molecule has 0 atom stereocenters. The minimum atomic E-state index is -0.803. The molecule has 5 nitrogen and oxygen atoms in total. The molecule has 0 aliphatic carbocycles. The molecule has 0 unspecified atom stereocenters. The van der Waals surface area contributed by atoms with Gasteiger partial charge in [0.05, 0.1) is 0 Å². The van der Waals surface area contributed by atoms with Crippen LogP contribution in [0.3, 0.4) is 0 Å². The predicted molar refractivity (Wildman–Crippen MR) is 99.8 cm³/mol. The van der Waals surface area contributed by atoms with Gasteiger partial charge in [0.25, 0.3) is 0 Å². The average Bonchev–Trinajstić information content (AvgIpc) is 2.62. The maximum Gasteiger partial charge on any atom is 0.313 e. The molecule has 0 bridgehead atoms. The van der Waals surface area contributed by atoms with Crippen LogP contribution in [0, 0.1) is 5.82 Å². The lowest BCUT2D eigenvalue weighted by Gasteiger charge is -2.27. The van der Waals surface area contributed by atoms with Gasteiger partial charge in [0.2, 0.25) is 0 Å². The van der Waals surface area contributed by atoms with E-state index in [0.717, 1.165) is 31.0 Å². The van der Waals surface area contributed by atoms with Gasteiger partial charge in [-0.25, -0.2) is 4.39 Å². The van der Waals surface area contributed by atoms with Crippen LogP contribution in [0.5, 0.6) is 0 Å². The summed E-state index contributed by atoms with van der Waals surface area (Å²) >= 11 is 0. The smallest absolute Gasteiger partial charge is 0.313 e. The third-order valence-electron chi connectivity index (χ3n) is 4.48. The summed E-state index contributed by atoms with van der Waals surface area (Å²) in [5.74, 6) is -2.00. The second kappa shape index (κ2) is 7.99. The zero-order chi connectivity index (χ0) is 18.5. The molecule has 2 N–H and O–H groups in total. The van der Waals surface area contributed by atoms with Crippen LogP contribution in [0.4, 0.5) is 15.8 Å². The maximum absolute atomic E-state index is 13.1. The monoisotopic (exact) mass is 355 g/mol. The van der Waals surface area contributed by atoms with E-state index < -0.39 is 17.6 Å². The summed E-state index contributed by atoms with van der Waals surface area (Å²) in [5, 5.41) is 4.98. The fourth-order valence-corrected chi connectivity index (χ4v) is 3.15. The molecule has 0 saturated heterocycles. The van der Waals surface area contributed by atoms with E-state index in [1.54, 1.807) is 0 Å². The Morgan fingerprint density at radius 3 is 2.81 bits per heavy atom. The van der Waals surface area contributed by atoms with E-state index in [4.69, 9.17) is 0 Å². The highest BCUT2D eigenvalue weighted by Gasteiger charge is 2.15. The first-order chi connectivity index (χ1) is 12.5. The van der Waals surface area contributed by atoms with Crippen molar-refractivity contribution in [3.8, 4) is 0 Å². The number of halogens is 1. The van der Waals surface area contributed by atoms with Gasteiger partial charge in [-0.2, -0.15) is 0 Å². The van der Waals surface area contributed by atoms with E-state index >= 15 is 0 Å². The number of rotatable bonds is 4. The Bertz CT molecular complexity index is 822. The molecule has 3 rings (SSSR count). The van der Waals surface area contributed by atoms with Crippen LogP contribution >= 0.6 is 0 Å². The average molecular weight is 355 g/mol. The van der Waals surface area contributed by atoms with Crippen LogP contribution in [-0.2, 0) is 22.4 Å². The van der Waals surface area contributed by atoms with Gasteiger partial charge in [-0.05, 0) is 54.7 Å². The number of hydrogen-bond donors (Lipinski definition) is 2. The second-order valence-corrected chi connectivity index (χ2v) is 6.46. The molecule has 1 heterocycles. The Hall–Kier alpha value is -2.89. The van der Waals surface area contributed by atoms with Crippen molar-refractivity contribution in [2.45, 2.75) is 19.3 Å². The van der Waals surface area contributed by atoms with Gasteiger partial charge >= 0.3 is 11.8 Å². The van der Waals surface area contributed by atoms with Crippen molar-refractivity contribution < 1.29 is 14.0 Å². The summed E-state index contributed by atoms with van der Waals surface area (Å²) in [4.78, 5) is 26.0. The molecular weight excluding hydrogens is 333 g/mol. The van der Waals surface area contributed by atoms with Gasteiger partial charge in [0.15, 0.2) is 0 Å². The summed E-state index contributed by atoms with van der Waals surface area (Å²) in [6.45, 7) is 1.44. The van der Waals surface area contributed by atoms with Crippen molar-refractivity contribution in [2.24, 2.45) is 0 Å². The summed E-state index contributed by atoms with van der Waals surface area (Å²) in [5.41, 5.74) is 3.97. The number of aryl methyl sites for hydroxylation is 1. The fraction of sp³-hybridized carbons (Fsp3) is 0.300. The molecule has 0 aromatic heterocycles. The van der Waals surface area contributed by atoms with E-state index in [-0.39, 0.29) is 5.69 Å². The number of fused-ring (bicyclic) bond motifs is 1. The minimum absolute atomic E-state index is 0.254. The van der Waals surface area contributed by atoms with Crippen LogP contribution in [-0.4, -0.2) is 32.0 Å². The number of nitrogens with zero attached hydrogens (tertiary/aromatic N) is 1. The first-order valence-corrected chi connectivity index (χ1v) is 8.70.